The third-order valence-corrected chi connectivity index (χ3v) is 4.45. The van der Waals surface area contributed by atoms with E-state index in [1.165, 1.54) is 0 Å². The van der Waals surface area contributed by atoms with E-state index in [0.29, 0.717) is 18.4 Å². The Morgan fingerprint density at radius 3 is 2.62 bits per heavy atom. The zero-order valence-corrected chi connectivity index (χ0v) is 15.9. The van der Waals surface area contributed by atoms with Crippen LogP contribution in [0.25, 0.3) is 0 Å². The van der Waals surface area contributed by atoms with Gasteiger partial charge in [0.15, 0.2) is 0 Å². The molecule has 0 atom stereocenters. The van der Waals surface area contributed by atoms with Crippen LogP contribution in [0.5, 0.6) is 0 Å². The minimum absolute atomic E-state index is 0.0285. The average Bonchev–Trinajstić information content (AvgIpc) is 2.56. The number of rotatable bonds is 1. The van der Waals surface area contributed by atoms with Crippen LogP contribution in [-0.4, -0.2) is 18.0 Å². The van der Waals surface area contributed by atoms with E-state index in [2.05, 4.69) is 53.8 Å². The molecular weight excluding hydrogens is 366 g/mol. The third-order valence-electron chi connectivity index (χ3n) is 3.79. The van der Waals surface area contributed by atoms with E-state index in [9.17, 15) is 4.79 Å². The van der Waals surface area contributed by atoms with E-state index in [1.54, 1.807) is 6.07 Å². The summed E-state index contributed by atoms with van der Waals surface area (Å²) in [6, 6.07) is 7.72. The molecule has 0 saturated heterocycles. The van der Waals surface area contributed by atoms with Crippen LogP contribution < -0.4 is 5.01 Å². The highest BCUT2D eigenvalue weighted by Crippen LogP contribution is 2.30. The summed E-state index contributed by atoms with van der Waals surface area (Å²) in [5.41, 5.74) is 2.32. The zero-order chi connectivity index (χ0) is 18.3. The van der Waals surface area contributed by atoms with Crippen molar-refractivity contribution in [3.63, 3.8) is 0 Å². The number of nitrogens with zero attached hydrogens (tertiary/aromatic N) is 3. The molecule has 0 N–H and O–H groups in total. The maximum atomic E-state index is 12.1. The molecule has 2 rings (SSSR count). The Balaban J connectivity index is 0.00000139. The van der Waals surface area contributed by atoms with Gasteiger partial charge in [-0.3, -0.25) is 9.80 Å². The van der Waals surface area contributed by atoms with E-state index in [0.717, 1.165) is 28.8 Å². The molecular formula is C19H22BrN3O. The summed E-state index contributed by atoms with van der Waals surface area (Å²) in [6.45, 7) is 6.88. The van der Waals surface area contributed by atoms with Crippen LogP contribution in [0.1, 0.15) is 45.6 Å². The summed E-state index contributed by atoms with van der Waals surface area (Å²) >= 11 is 3.42. The number of carbonyl (C=O) groups excluding carboxylic acids is 1. The number of hydrogen-bond donors (Lipinski definition) is 0. The molecule has 0 aromatic heterocycles. The molecule has 0 bridgehead atoms. The van der Waals surface area contributed by atoms with E-state index < -0.39 is 0 Å². The standard InChI is InChI=1S/C17H20BrN3O.C2H2/c1-12-8-15(22)10-17(2,3)6-7-21(20-12)14-5-4-13(11-19)16(18)9-14;1-2/h4-5,9H,6-8,10H2,1-3H3;1-2H/b20-12-;. The number of nitriles is 1. The molecule has 0 unspecified atom stereocenters. The van der Waals surface area contributed by atoms with E-state index >= 15 is 0 Å². The van der Waals surface area contributed by atoms with Gasteiger partial charge in [0.2, 0.25) is 0 Å². The summed E-state index contributed by atoms with van der Waals surface area (Å²) in [5, 5.41) is 15.6. The summed E-state index contributed by atoms with van der Waals surface area (Å²) < 4.78 is 0.760. The van der Waals surface area contributed by atoms with Crippen LogP contribution in [-0.2, 0) is 4.79 Å². The van der Waals surface area contributed by atoms with Crippen molar-refractivity contribution in [2.45, 2.75) is 40.0 Å². The molecule has 0 fully saturated rings. The normalized spacial score (nSPS) is 19.5. The molecule has 1 heterocycles. The largest absolute Gasteiger partial charge is 0.299 e. The quantitative estimate of drug-likeness (QED) is 0.664. The minimum Gasteiger partial charge on any atom is -0.299 e. The van der Waals surface area contributed by atoms with Gasteiger partial charge in [0.25, 0.3) is 0 Å². The third kappa shape index (κ3) is 5.51. The van der Waals surface area contributed by atoms with Crippen LogP contribution in [0.15, 0.2) is 27.8 Å². The van der Waals surface area contributed by atoms with Gasteiger partial charge < -0.3 is 0 Å². The predicted octanol–water partition coefficient (Wildman–Crippen LogP) is 4.53. The highest BCUT2D eigenvalue weighted by molar-refractivity contribution is 9.10. The van der Waals surface area contributed by atoms with Crippen molar-refractivity contribution < 1.29 is 4.79 Å². The van der Waals surface area contributed by atoms with Crippen LogP contribution in [0.3, 0.4) is 0 Å². The summed E-state index contributed by atoms with van der Waals surface area (Å²) in [4.78, 5) is 12.1. The van der Waals surface area contributed by atoms with Crippen molar-refractivity contribution in [3.05, 3.63) is 28.2 Å². The molecule has 0 aliphatic carbocycles. The highest BCUT2D eigenvalue weighted by atomic mass is 79.9. The first-order valence-corrected chi connectivity index (χ1v) is 8.46. The SMILES string of the molecule is C#C.C/C1=N/N(c2ccc(C#N)c(Br)c2)CCC(C)(C)CC(=O)C1. The van der Waals surface area contributed by atoms with Crippen molar-refractivity contribution >= 4 is 33.1 Å². The summed E-state index contributed by atoms with van der Waals surface area (Å²) in [6.07, 6.45) is 9.87. The molecule has 0 saturated carbocycles. The molecule has 24 heavy (non-hydrogen) atoms. The Morgan fingerprint density at radius 1 is 1.38 bits per heavy atom. The van der Waals surface area contributed by atoms with Crippen molar-refractivity contribution in [2.75, 3.05) is 11.6 Å². The number of Topliss-reactive ketones (excluding diaryl/α,β-unsaturated/α-hetero) is 1. The van der Waals surface area contributed by atoms with Crippen molar-refractivity contribution in [1.82, 2.24) is 0 Å². The Morgan fingerprint density at radius 2 is 2.04 bits per heavy atom. The van der Waals surface area contributed by atoms with Gasteiger partial charge in [-0.25, -0.2) is 0 Å². The first-order chi connectivity index (χ1) is 11.3. The smallest absolute Gasteiger partial charge is 0.139 e. The molecule has 1 aromatic rings. The van der Waals surface area contributed by atoms with Gasteiger partial charge >= 0.3 is 0 Å². The summed E-state index contributed by atoms with van der Waals surface area (Å²) in [5.74, 6) is 0.245. The number of halogens is 1. The summed E-state index contributed by atoms with van der Waals surface area (Å²) in [7, 11) is 0. The molecule has 1 aliphatic rings. The molecule has 4 nitrogen and oxygen atoms in total. The number of ketones is 1. The van der Waals surface area contributed by atoms with Crippen molar-refractivity contribution in [3.8, 4) is 18.9 Å². The number of hydrogen-bond acceptors (Lipinski definition) is 4. The predicted molar refractivity (Wildman–Crippen MR) is 102 cm³/mol. The molecule has 0 radical (unpaired) electrons. The Hall–Kier alpha value is -2.11. The van der Waals surface area contributed by atoms with Gasteiger partial charge in [0.05, 0.1) is 11.3 Å². The number of terminal acetylenes is 1. The van der Waals surface area contributed by atoms with Gasteiger partial charge in [0.1, 0.15) is 11.9 Å². The maximum Gasteiger partial charge on any atom is 0.139 e. The lowest BCUT2D eigenvalue weighted by molar-refractivity contribution is -0.119. The average molecular weight is 388 g/mol. The highest BCUT2D eigenvalue weighted by Gasteiger charge is 2.25. The fraction of sp³-hybridized carbons (Fsp3) is 0.421. The van der Waals surface area contributed by atoms with Crippen LogP contribution in [0.4, 0.5) is 5.69 Å². The van der Waals surface area contributed by atoms with Crippen LogP contribution in [0, 0.1) is 29.6 Å². The second-order valence-corrected chi connectivity index (χ2v) is 7.40. The topological polar surface area (TPSA) is 56.5 Å². The second-order valence-electron chi connectivity index (χ2n) is 6.54. The fourth-order valence-corrected chi connectivity index (χ4v) is 3.07. The minimum atomic E-state index is -0.0285. The van der Waals surface area contributed by atoms with E-state index in [-0.39, 0.29) is 11.2 Å². The Kier molecular flexibility index (Phi) is 7.19. The molecule has 5 heteroatoms. The van der Waals surface area contributed by atoms with Gasteiger partial charge in [-0.2, -0.15) is 10.4 Å². The van der Waals surface area contributed by atoms with Crippen LogP contribution in [0.2, 0.25) is 0 Å². The van der Waals surface area contributed by atoms with E-state index in [1.807, 2.05) is 24.1 Å². The van der Waals surface area contributed by atoms with Crippen molar-refractivity contribution in [1.29, 1.82) is 5.26 Å². The lowest BCUT2D eigenvalue weighted by Gasteiger charge is -2.26. The number of benzene rings is 1. The molecule has 0 amide bonds. The van der Waals surface area contributed by atoms with Gasteiger partial charge in [-0.15, -0.1) is 12.8 Å². The molecule has 0 spiro atoms. The molecule has 1 aliphatic heterocycles. The van der Waals surface area contributed by atoms with Gasteiger partial charge in [-0.1, -0.05) is 13.8 Å². The lowest BCUT2D eigenvalue weighted by atomic mass is 9.83. The number of carbonyl (C=O) groups is 1. The fourth-order valence-electron chi connectivity index (χ4n) is 2.61. The van der Waals surface area contributed by atoms with Crippen molar-refractivity contribution in [2.24, 2.45) is 10.5 Å². The maximum absolute atomic E-state index is 12.1. The lowest BCUT2D eigenvalue weighted by Crippen LogP contribution is -2.24. The Bertz CT molecular complexity index is 698. The second kappa shape index (κ2) is 8.66. The monoisotopic (exact) mass is 387 g/mol. The van der Waals surface area contributed by atoms with Gasteiger partial charge in [0, 0.05) is 29.6 Å². The number of anilines is 1. The van der Waals surface area contributed by atoms with Crippen LogP contribution >= 0.6 is 15.9 Å². The van der Waals surface area contributed by atoms with Gasteiger partial charge in [-0.05, 0) is 52.9 Å². The Labute approximate surface area is 152 Å². The first kappa shape index (κ1) is 19.9. The first-order valence-electron chi connectivity index (χ1n) is 7.67. The number of hydrazone groups is 1. The zero-order valence-electron chi connectivity index (χ0n) is 14.3. The molecule has 126 valence electrons. The molecule has 1 aromatic carbocycles. The van der Waals surface area contributed by atoms with E-state index in [4.69, 9.17) is 5.26 Å².